The molecule has 0 spiro atoms. The second-order valence-electron chi connectivity index (χ2n) is 6.77. The van der Waals surface area contributed by atoms with Gasteiger partial charge in [0.25, 0.3) is 0 Å². The molecule has 0 amide bonds. The molecule has 1 aliphatic rings. The van der Waals surface area contributed by atoms with E-state index in [4.69, 9.17) is 0 Å². The number of rotatable bonds is 9. The summed E-state index contributed by atoms with van der Waals surface area (Å²) in [6.45, 7) is 7.63. The molecule has 124 valence electrons. The molecule has 0 bridgehead atoms. The lowest BCUT2D eigenvalue weighted by Gasteiger charge is -2.25. The second kappa shape index (κ2) is 9.42. The average molecular weight is 298 g/mol. The minimum absolute atomic E-state index is 0.700. The first-order valence-electron chi connectivity index (χ1n) is 8.66. The first-order chi connectivity index (χ1) is 10.0. The lowest BCUT2D eigenvalue weighted by Crippen LogP contribution is -2.47. The van der Waals surface area contributed by atoms with Gasteiger partial charge in [-0.25, -0.2) is 0 Å². The summed E-state index contributed by atoms with van der Waals surface area (Å²) in [5, 5.41) is 12.2. The first-order valence-corrected chi connectivity index (χ1v) is 8.66. The molecule has 0 radical (unpaired) electrons. The van der Waals surface area contributed by atoms with Crippen LogP contribution in [0.4, 0.5) is 0 Å². The molecule has 1 fully saturated rings. The smallest absolute Gasteiger partial charge is 0.323 e. The van der Waals surface area contributed by atoms with Crippen LogP contribution in [0.2, 0.25) is 0 Å². The fourth-order valence-electron chi connectivity index (χ4n) is 3.30. The summed E-state index contributed by atoms with van der Waals surface area (Å²) in [4.78, 5) is 13.8. The fraction of sp³-hybridized carbons (Fsp3) is 0.941. The molecule has 4 heteroatoms. The maximum absolute atomic E-state index is 11.2. The maximum atomic E-state index is 11.2. The van der Waals surface area contributed by atoms with E-state index >= 15 is 0 Å². The number of hydrogen-bond donors (Lipinski definition) is 2. The van der Waals surface area contributed by atoms with Gasteiger partial charge in [-0.2, -0.15) is 0 Å². The van der Waals surface area contributed by atoms with Crippen LogP contribution in [0.3, 0.4) is 0 Å². The lowest BCUT2D eigenvalue weighted by molar-refractivity contribution is -0.144. The molecule has 2 atom stereocenters. The van der Waals surface area contributed by atoms with Crippen molar-refractivity contribution in [1.29, 1.82) is 0 Å². The van der Waals surface area contributed by atoms with Crippen molar-refractivity contribution < 1.29 is 9.90 Å². The molecular weight excluding hydrogens is 264 g/mol. The Labute approximate surface area is 130 Å². The molecule has 0 aromatic carbocycles. The summed E-state index contributed by atoms with van der Waals surface area (Å²) < 4.78 is 0. The van der Waals surface area contributed by atoms with Crippen molar-refractivity contribution in [1.82, 2.24) is 10.2 Å². The van der Waals surface area contributed by atoms with Crippen molar-refractivity contribution in [3.05, 3.63) is 0 Å². The predicted molar refractivity (Wildman–Crippen MR) is 87.6 cm³/mol. The van der Waals surface area contributed by atoms with Crippen molar-refractivity contribution in [2.24, 2.45) is 5.92 Å². The number of aliphatic carboxylic acids is 1. The molecule has 1 aliphatic heterocycles. The van der Waals surface area contributed by atoms with E-state index in [0.717, 1.165) is 25.3 Å². The van der Waals surface area contributed by atoms with Gasteiger partial charge in [-0.15, -0.1) is 0 Å². The normalized spacial score (nSPS) is 23.5. The van der Waals surface area contributed by atoms with Crippen LogP contribution < -0.4 is 5.32 Å². The average Bonchev–Trinajstić information content (AvgIpc) is 2.69. The van der Waals surface area contributed by atoms with E-state index in [9.17, 15) is 9.90 Å². The summed E-state index contributed by atoms with van der Waals surface area (Å²) in [6, 6.07) is 0. The van der Waals surface area contributed by atoms with Gasteiger partial charge >= 0.3 is 5.97 Å². The van der Waals surface area contributed by atoms with Crippen LogP contribution >= 0.6 is 0 Å². The van der Waals surface area contributed by atoms with Crippen LogP contribution in [0, 0.1) is 5.92 Å². The molecule has 1 heterocycles. The summed E-state index contributed by atoms with van der Waals surface area (Å²) in [7, 11) is 1.73. The van der Waals surface area contributed by atoms with Crippen LogP contribution in [-0.4, -0.2) is 48.2 Å². The molecule has 4 nitrogen and oxygen atoms in total. The summed E-state index contributed by atoms with van der Waals surface area (Å²) in [6.07, 6.45) is 9.52. The zero-order chi connectivity index (χ0) is 15.7. The minimum Gasteiger partial charge on any atom is -0.480 e. The van der Waals surface area contributed by atoms with Crippen molar-refractivity contribution in [3.63, 3.8) is 0 Å². The first kappa shape index (κ1) is 18.4. The van der Waals surface area contributed by atoms with E-state index in [2.05, 4.69) is 17.1 Å². The van der Waals surface area contributed by atoms with Gasteiger partial charge in [0.1, 0.15) is 5.54 Å². The standard InChI is InChI=1S/C17H34N2O2/c1-4-8-15-9-7-13-19(14-10-15)12-6-5-11-17(2,18-3)16(20)21/h15,18H,4-14H2,1-3H3,(H,20,21). The Morgan fingerprint density at radius 3 is 2.71 bits per heavy atom. The predicted octanol–water partition coefficient (Wildman–Crippen LogP) is 3.12. The molecule has 21 heavy (non-hydrogen) atoms. The van der Waals surface area contributed by atoms with Gasteiger partial charge < -0.3 is 15.3 Å². The number of hydrogen-bond acceptors (Lipinski definition) is 3. The summed E-state index contributed by atoms with van der Waals surface area (Å²) in [5.74, 6) is 0.182. The SMILES string of the molecule is CCCC1CCCN(CCCCC(C)(NC)C(=O)O)CC1. The van der Waals surface area contributed by atoms with Gasteiger partial charge in [-0.3, -0.25) is 4.79 Å². The molecule has 2 unspecified atom stereocenters. The quantitative estimate of drug-likeness (QED) is 0.642. The highest BCUT2D eigenvalue weighted by Gasteiger charge is 2.30. The number of nitrogens with one attached hydrogen (secondary N) is 1. The van der Waals surface area contributed by atoms with E-state index in [-0.39, 0.29) is 0 Å². The highest BCUT2D eigenvalue weighted by molar-refractivity contribution is 5.78. The molecule has 0 aromatic heterocycles. The second-order valence-corrected chi connectivity index (χ2v) is 6.77. The van der Waals surface area contributed by atoms with Gasteiger partial charge in [-0.05, 0) is 78.0 Å². The Morgan fingerprint density at radius 2 is 2.10 bits per heavy atom. The summed E-state index contributed by atoms with van der Waals surface area (Å²) >= 11 is 0. The topological polar surface area (TPSA) is 52.6 Å². The van der Waals surface area contributed by atoms with E-state index in [1.165, 1.54) is 45.2 Å². The van der Waals surface area contributed by atoms with Crippen molar-refractivity contribution in [2.45, 2.75) is 70.8 Å². The van der Waals surface area contributed by atoms with Crippen LogP contribution in [-0.2, 0) is 4.79 Å². The highest BCUT2D eigenvalue weighted by Crippen LogP contribution is 2.22. The molecule has 1 rings (SSSR count). The Bertz CT molecular complexity index is 309. The van der Waals surface area contributed by atoms with Gasteiger partial charge in [0.05, 0.1) is 0 Å². The van der Waals surface area contributed by atoms with Gasteiger partial charge in [0, 0.05) is 0 Å². The lowest BCUT2D eigenvalue weighted by atomic mass is 9.95. The number of likely N-dealkylation sites (tertiary alicyclic amines) is 1. The minimum atomic E-state index is -0.773. The summed E-state index contributed by atoms with van der Waals surface area (Å²) in [5.41, 5.74) is -0.773. The maximum Gasteiger partial charge on any atom is 0.323 e. The molecule has 2 N–H and O–H groups in total. The van der Waals surface area contributed by atoms with Crippen molar-refractivity contribution in [3.8, 4) is 0 Å². The molecule has 1 saturated heterocycles. The van der Waals surface area contributed by atoms with Crippen LogP contribution in [0.5, 0.6) is 0 Å². The Balaban J connectivity index is 2.22. The van der Waals surface area contributed by atoms with E-state index in [0.29, 0.717) is 6.42 Å². The van der Waals surface area contributed by atoms with Crippen LogP contribution in [0.1, 0.15) is 65.2 Å². The van der Waals surface area contributed by atoms with Gasteiger partial charge in [-0.1, -0.05) is 19.8 Å². The molecule has 0 aromatic rings. The Hall–Kier alpha value is -0.610. The number of carboxylic acid groups (broad SMARTS) is 1. The third-order valence-corrected chi connectivity index (χ3v) is 5.06. The number of carbonyl (C=O) groups is 1. The van der Waals surface area contributed by atoms with Gasteiger partial charge in [0.15, 0.2) is 0 Å². The fourth-order valence-corrected chi connectivity index (χ4v) is 3.30. The van der Waals surface area contributed by atoms with Gasteiger partial charge in [0.2, 0.25) is 0 Å². The molecule has 0 aliphatic carbocycles. The molecular formula is C17H34N2O2. The third kappa shape index (κ3) is 6.35. The van der Waals surface area contributed by atoms with Crippen molar-refractivity contribution in [2.75, 3.05) is 26.7 Å². The Morgan fingerprint density at radius 1 is 1.33 bits per heavy atom. The zero-order valence-electron chi connectivity index (χ0n) is 14.2. The van der Waals surface area contributed by atoms with E-state index < -0.39 is 11.5 Å². The molecule has 0 saturated carbocycles. The zero-order valence-corrected chi connectivity index (χ0v) is 14.2. The number of likely N-dealkylation sites (N-methyl/N-ethyl adjacent to an activating group) is 1. The van der Waals surface area contributed by atoms with Crippen LogP contribution in [0.15, 0.2) is 0 Å². The monoisotopic (exact) mass is 298 g/mol. The largest absolute Gasteiger partial charge is 0.480 e. The van der Waals surface area contributed by atoms with E-state index in [1.807, 2.05) is 0 Å². The number of nitrogens with zero attached hydrogens (tertiary/aromatic N) is 1. The van der Waals surface area contributed by atoms with Crippen molar-refractivity contribution >= 4 is 5.97 Å². The highest BCUT2D eigenvalue weighted by atomic mass is 16.4. The Kier molecular flexibility index (Phi) is 8.27. The van der Waals surface area contributed by atoms with E-state index in [1.54, 1.807) is 14.0 Å². The number of unbranched alkanes of at least 4 members (excludes halogenated alkanes) is 1. The number of carboxylic acids is 1. The van der Waals surface area contributed by atoms with Crippen LogP contribution in [0.25, 0.3) is 0 Å². The third-order valence-electron chi connectivity index (χ3n) is 5.06.